The van der Waals surface area contributed by atoms with Crippen LogP contribution in [-0.2, 0) is 0 Å². The molecule has 3 nitrogen and oxygen atoms in total. The van der Waals surface area contributed by atoms with Crippen LogP contribution < -0.4 is 0 Å². The fourth-order valence-electron chi connectivity index (χ4n) is 2.29. The highest BCUT2D eigenvalue weighted by molar-refractivity contribution is 6.28. The monoisotopic (exact) mass is 285 g/mol. The second-order valence-corrected chi connectivity index (χ2v) is 5.19. The maximum Gasteiger partial charge on any atom is 0.263 e. The molecule has 1 unspecified atom stereocenters. The predicted octanol–water partition coefficient (Wildman–Crippen LogP) is 3.53. The number of benzene rings is 2. The number of carbonyl (C=O) groups excluding carboxylic acids is 2. The van der Waals surface area contributed by atoms with Gasteiger partial charge < -0.3 is 0 Å². The molecule has 0 bridgehead atoms. The number of amides is 2. The van der Waals surface area contributed by atoms with Gasteiger partial charge >= 0.3 is 0 Å². The van der Waals surface area contributed by atoms with Crippen molar-refractivity contribution in [3.63, 3.8) is 0 Å². The van der Waals surface area contributed by atoms with Gasteiger partial charge in [0.2, 0.25) is 0 Å². The van der Waals surface area contributed by atoms with Crippen molar-refractivity contribution in [3.05, 3.63) is 70.8 Å². The summed E-state index contributed by atoms with van der Waals surface area (Å²) in [4.78, 5) is 25.7. The molecule has 4 heteroatoms. The zero-order chi connectivity index (χ0) is 14.3. The number of halogens is 1. The van der Waals surface area contributed by atoms with E-state index in [1.165, 1.54) is 0 Å². The Labute approximate surface area is 121 Å². The van der Waals surface area contributed by atoms with Crippen LogP contribution in [0.2, 0.25) is 0 Å². The summed E-state index contributed by atoms with van der Waals surface area (Å²) >= 11 is 6.33. The Morgan fingerprint density at radius 1 is 0.900 bits per heavy atom. The lowest BCUT2D eigenvalue weighted by Crippen LogP contribution is -2.31. The number of aryl methyl sites for hydroxylation is 1. The maximum absolute atomic E-state index is 12.3. The van der Waals surface area contributed by atoms with Gasteiger partial charge in [-0.25, -0.2) is 0 Å². The van der Waals surface area contributed by atoms with Crippen LogP contribution in [0.25, 0.3) is 0 Å². The van der Waals surface area contributed by atoms with Gasteiger partial charge in [0.1, 0.15) is 5.50 Å². The van der Waals surface area contributed by atoms with Crippen molar-refractivity contribution in [2.24, 2.45) is 0 Å². The van der Waals surface area contributed by atoms with E-state index in [0.29, 0.717) is 11.1 Å². The van der Waals surface area contributed by atoms with Crippen LogP contribution in [0.5, 0.6) is 0 Å². The Morgan fingerprint density at radius 2 is 1.40 bits per heavy atom. The minimum absolute atomic E-state index is 0.342. The first-order chi connectivity index (χ1) is 9.59. The largest absolute Gasteiger partial charge is 0.269 e. The van der Waals surface area contributed by atoms with Gasteiger partial charge in [-0.2, -0.15) is 0 Å². The molecule has 2 aromatic rings. The van der Waals surface area contributed by atoms with E-state index in [1.54, 1.807) is 24.3 Å². The molecule has 1 atom stereocenters. The Kier molecular flexibility index (Phi) is 3.07. The van der Waals surface area contributed by atoms with E-state index in [-0.39, 0.29) is 11.8 Å². The summed E-state index contributed by atoms with van der Waals surface area (Å²) in [6.07, 6.45) is 0. The van der Waals surface area contributed by atoms with Crippen LogP contribution in [0.3, 0.4) is 0 Å². The fourth-order valence-corrected chi connectivity index (χ4v) is 2.61. The normalized spacial score (nSPS) is 15.4. The summed E-state index contributed by atoms with van der Waals surface area (Å²) in [5, 5.41) is 0. The molecule has 1 aliphatic rings. The molecular formula is C16H12ClNO2. The molecule has 0 spiro atoms. The van der Waals surface area contributed by atoms with Crippen LogP contribution in [0.1, 0.15) is 37.3 Å². The van der Waals surface area contributed by atoms with Crippen LogP contribution in [-0.4, -0.2) is 16.7 Å². The number of fused-ring (bicyclic) bond motifs is 1. The van der Waals surface area contributed by atoms with Crippen molar-refractivity contribution in [1.29, 1.82) is 0 Å². The number of rotatable bonds is 2. The third kappa shape index (κ3) is 1.91. The van der Waals surface area contributed by atoms with E-state index in [0.717, 1.165) is 16.0 Å². The molecule has 0 fully saturated rings. The zero-order valence-electron chi connectivity index (χ0n) is 10.8. The first-order valence-electron chi connectivity index (χ1n) is 6.27. The molecule has 0 aromatic heterocycles. The van der Waals surface area contributed by atoms with Crippen molar-refractivity contribution in [3.8, 4) is 0 Å². The predicted molar refractivity (Wildman–Crippen MR) is 76.7 cm³/mol. The Morgan fingerprint density at radius 3 is 1.90 bits per heavy atom. The number of hydrogen-bond acceptors (Lipinski definition) is 2. The summed E-state index contributed by atoms with van der Waals surface area (Å²) in [6, 6.07) is 14.2. The molecule has 20 heavy (non-hydrogen) atoms. The van der Waals surface area contributed by atoms with E-state index in [2.05, 4.69) is 0 Å². The van der Waals surface area contributed by atoms with Gasteiger partial charge in [0, 0.05) is 0 Å². The minimum Gasteiger partial charge on any atom is -0.269 e. The van der Waals surface area contributed by atoms with E-state index in [4.69, 9.17) is 11.6 Å². The molecule has 0 N–H and O–H groups in total. The summed E-state index contributed by atoms with van der Waals surface area (Å²) in [6.45, 7) is 1.97. The lowest BCUT2D eigenvalue weighted by atomic mass is 10.1. The average molecular weight is 286 g/mol. The molecule has 1 aliphatic heterocycles. The summed E-state index contributed by atoms with van der Waals surface area (Å²) < 4.78 is 0. The third-order valence-electron chi connectivity index (χ3n) is 3.40. The summed E-state index contributed by atoms with van der Waals surface area (Å²) in [7, 11) is 0. The van der Waals surface area contributed by atoms with Crippen molar-refractivity contribution in [2.45, 2.75) is 12.4 Å². The molecule has 100 valence electrons. The smallest absolute Gasteiger partial charge is 0.263 e. The molecule has 0 saturated heterocycles. The van der Waals surface area contributed by atoms with Crippen molar-refractivity contribution in [1.82, 2.24) is 4.90 Å². The molecule has 2 amide bonds. The van der Waals surface area contributed by atoms with Gasteiger partial charge in [0.15, 0.2) is 0 Å². The Bertz CT molecular complexity index is 659. The second kappa shape index (κ2) is 4.76. The van der Waals surface area contributed by atoms with Crippen LogP contribution in [0, 0.1) is 6.92 Å². The molecule has 0 radical (unpaired) electrons. The van der Waals surface area contributed by atoms with Gasteiger partial charge in [0.25, 0.3) is 11.8 Å². The zero-order valence-corrected chi connectivity index (χ0v) is 11.6. The van der Waals surface area contributed by atoms with Gasteiger partial charge in [0.05, 0.1) is 11.1 Å². The number of hydrogen-bond donors (Lipinski definition) is 0. The van der Waals surface area contributed by atoms with E-state index < -0.39 is 5.50 Å². The lowest BCUT2D eigenvalue weighted by Gasteiger charge is -2.20. The Balaban J connectivity index is 1.98. The number of imide groups is 1. The second-order valence-electron chi connectivity index (χ2n) is 4.77. The SMILES string of the molecule is Cc1ccc(C(Cl)N2C(=O)c3ccccc3C2=O)cc1. The average Bonchev–Trinajstić information content (AvgIpc) is 2.72. The first-order valence-corrected chi connectivity index (χ1v) is 6.71. The topological polar surface area (TPSA) is 37.4 Å². The van der Waals surface area contributed by atoms with Crippen molar-refractivity contribution < 1.29 is 9.59 Å². The maximum atomic E-state index is 12.3. The minimum atomic E-state index is -0.789. The highest BCUT2D eigenvalue weighted by Crippen LogP contribution is 2.33. The van der Waals surface area contributed by atoms with Gasteiger partial charge in [-0.15, -0.1) is 0 Å². The molecular weight excluding hydrogens is 274 g/mol. The third-order valence-corrected chi connectivity index (χ3v) is 3.85. The van der Waals surface area contributed by atoms with Crippen LogP contribution >= 0.6 is 11.6 Å². The van der Waals surface area contributed by atoms with E-state index >= 15 is 0 Å². The van der Waals surface area contributed by atoms with E-state index in [1.807, 2.05) is 31.2 Å². The molecule has 0 aliphatic carbocycles. The van der Waals surface area contributed by atoms with E-state index in [9.17, 15) is 9.59 Å². The Hall–Kier alpha value is -2.13. The van der Waals surface area contributed by atoms with Crippen molar-refractivity contribution in [2.75, 3.05) is 0 Å². The van der Waals surface area contributed by atoms with Gasteiger partial charge in [-0.3, -0.25) is 14.5 Å². The van der Waals surface area contributed by atoms with Crippen LogP contribution in [0.4, 0.5) is 0 Å². The highest BCUT2D eigenvalue weighted by Gasteiger charge is 2.39. The quantitative estimate of drug-likeness (QED) is 0.481. The number of alkyl halides is 1. The lowest BCUT2D eigenvalue weighted by molar-refractivity contribution is 0.0633. The summed E-state index contributed by atoms with van der Waals surface area (Å²) in [5.41, 5.74) is 1.86. The molecule has 1 heterocycles. The number of nitrogens with zero attached hydrogens (tertiary/aromatic N) is 1. The van der Waals surface area contributed by atoms with Gasteiger partial charge in [-0.05, 0) is 24.6 Å². The highest BCUT2D eigenvalue weighted by atomic mass is 35.5. The van der Waals surface area contributed by atoms with Crippen LogP contribution in [0.15, 0.2) is 48.5 Å². The fraction of sp³-hybridized carbons (Fsp3) is 0.125. The molecule has 2 aromatic carbocycles. The van der Waals surface area contributed by atoms with Gasteiger partial charge in [-0.1, -0.05) is 53.6 Å². The van der Waals surface area contributed by atoms with Crippen molar-refractivity contribution >= 4 is 23.4 Å². The first kappa shape index (κ1) is 12.9. The number of carbonyl (C=O) groups is 2. The standard InChI is InChI=1S/C16H12ClNO2/c1-10-6-8-11(9-7-10)14(17)18-15(19)12-4-2-3-5-13(12)16(18)20/h2-9,14H,1H3. The summed E-state index contributed by atoms with van der Waals surface area (Å²) in [5.74, 6) is -0.683. The molecule has 3 rings (SSSR count). The molecule has 0 saturated carbocycles.